The van der Waals surface area contributed by atoms with Crippen LogP contribution < -0.4 is 0 Å². The molecule has 0 bridgehead atoms. The van der Waals surface area contributed by atoms with E-state index in [1.54, 1.807) is 4.90 Å². The third-order valence-corrected chi connectivity index (χ3v) is 4.31. The van der Waals surface area contributed by atoms with E-state index in [-0.39, 0.29) is 17.8 Å². The number of rotatable bonds is 4. The fraction of sp³-hybridized carbons (Fsp3) is 0.588. The second-order valence-electron chi connectivity index (χ2n) is 6.26. The van der Waals surface area contributed by atoms with Gasteiger partial charge < -0.3 is 10.0 Å². The van der Waals surface area contributed by atoms with Crippen LogP contribution >= 0.6 is 0 Å². The van der Waals surface area contributed by atoms with Crippen molar-refractivity contribution in [2.45, 2.75) is 32.9 Å². The van der Waals surface area contributed by atoms with Gasteiger partial charge in [-0.25, -0.2) is 4.39 Å². The van der Waals surface area contributed by atoms with Crippen molar-refractivity contribution >= 4 is 5.91 Å². The summed E-state index contributed by atoms with van der Waals surface area (Å²) in [6.45, 7) is 6.84. The summed E-state index contributed by atoms with van der Waals surface area (Å²) in [6, 6.07) is 6.84. The lowest BCUT2D eigenvalue weighted by atomic mass is 10.0. The summed E-state index contributed by atoms with van der Waals surface area (Å²) in [4.78, 5) is 15.9. The Hall–Kier alpha value is -1.46. The highest BCUT2D eigenvalue weighted by Crippen LogP contribution is 2.20. The van der Waals surface area contributed by atoms with Crippen molar-refractivity contribution in [3.05, 3.63) is 35.6 Å². The van der Waals surface area contributed by atoms with Crippen molar-refractivity contribution in [2.75, 3.05) is 26.2 Å². The third-order valence-electron chi connectivity index (χ3n) is 4.31. The zero-order chi connectivity index (χ0) is 16.1. The highest BCUT2D eigenvalue weighted by molar-refractivity contribution is 5.77. The number of nitrogens with zero attached hydrogens (tertiary/aromatic N) is 2. The van der Waals surface area contributed by atoms with E-state index in [0.717, 1.165) is 25.1 Å². The minimum atomic E-state index is -0.428. The number of carbonyl (C=O) groups excluding carboxylic acids is 1. The number of halogens is 1. The molecule has 4 nitrogen and oxygen atoms in total. The number of benzene rings is 1. The van der Waals surface area contributed by atoms with Gasteiger partial charge in [-0.05, 0) is 30.0 Å². The zero-order valence-electron chi connectivity index (χ0n) is 13.3. The van der Waals surface area contributed by atoms with Gasteiger partial charge in [-0.3, -0.25) is 9.69 Å². The molecule has 1 aliphatic rings. The van der Waals surface area contributed by atoms with E-state index >= 15 is 0 Å². The Balaban J connectivity index is 2.11. The molecule has 0 unspecified atom stereocenters. The number of aliphatic hydroxyl groups excluding tert-OH is 1. The van der Waals surface area contributed by atoms with Crippen LogP contribution in [-0.2, 0) is 11.3 Å². The largest absolute Gasteiger partial charge is 0.387 e. The molecular formula is C17H25FN2O2. The number of carbonyl (C=O) groups is 1. The molecule has 1 amide bonds. The Morgan fingerprint density at radius 1 is 1.32 bits per heavy atom. The van der Waals surface area contributed by atoms with Gasteiger partial charge in [0.05, 0.1) is 0 Å². The smallest absolute Gasteiger partial charge is 0.248 e. The highest BCUT2D eigenvalue weighted by atomic mass is 19.1. The molecule has 1 aromatic rings. The van der Waals surface area contributed by atoms with Gasteiger partial charge in [0.1, 0.15) is 12.4 Å². The average Bonchev–Trinajstić information content (AvgIpc) is 2.71. The lowest BCUT2D eigenvalue weighted by molar-refractivity contribution is -0.134. The van der Waals surface area contributed by atoms with Gasteiger partial charge in [0.25, 0.3) is 0 Å². The maximum Gasteiger partial charge on any atom is 0.248 e. The first-order chi connectivity index (χ1) is 10.5. The van der Waals surface area contributed by atoms with Crippen LogP contribution in [0.2, 0.25) is 0 Å². The number of amides is 1. The quantitative estimate of drug-likeness (QED) is 0.923. The maximum atomic E-state index is 13.0. The topological polar surface area (TPSA) is 43.8 Å². The van der Waals surface area contributed by atoms with Crippen LogP contribution in [0.3, 0.4) is 0 Å². The van der Waals surface area contributed by atoms with Crippen LogP contribution in [0.25, 0.3) is 0 Å². The number of aliphatic hydroxyl groups is 1. The molecule has 1 atom stereocenters. The van der Waals surface area contributed by atoms with Crippen LogP contribution in [0.5, 0.6) is 0 Å². The highest BCUT2D eigenvalue weighted by Gasteiger charge is 2.29. The summed E-state index contributed by atoms with van der Waals surface area (Å²) in [7, 11) is 0. The Morgan fingerprint density at radius 2 is 2.00 bits per heavy atom. The predicted molar refractivity (Wildman–Crippen MR) is 83.7 cm³/mol. The van der Waals surface area contributed by atoms with E-state index in [1.807, 2.05) is 12.1 Å². The van der Waals surface area contributed by atoms with Crippen molar-refractivity contribution in [2.24, 2.45) is 5.92 Å². The number of hydrogen-bond donors (Lipinski definition) is 1. The molecule has 2 rings (SSSR count). The fourth-order valence-electron chi connectivity index (χ4n) is 3.04. The van der Waals surface area contributed by atoms with Crippen molar-refractivity contribution in [3.63, 3.8) is 0 Å². The van der Waals surface area contributed by atoms with Gasteiger partial charge >= 0.3 is 0 Å². The van der Waals surface area contributed by atoms with E-state index in [0.29, 0.717) is 19.0 Å². The van der Waals surface area contributed by atoms with E-state index in [1.165, 1.54) is 12.1 Å². The van der Waals surface area contributed by atoms with E-state index < -0.39 is 6.61 Å². The minimum absolute atomic E-state index is 0.200. The second-order valence-corrected chi connectivity index (χ2v) is 6.26. The van der Waals surface area contributed by atoms with E-state index in [9.17, 15) is 9.18 Å². The lowest BCUT2D eigenvalue weighted by Gasteiger charge is -2.34. The first kappa shape index (κ1) is 16.9. The van der Waals surface area contributed by atoms with Crippen molar-refractivity contribution in [1.82, 2.24) is 9.80 Å². The molecule has 0 radical (unpaired) electrons. The van der Waals surface area contributed by atoms with Crippen LogP contribution in [0.15, 0.2) is 24.3 Å². The molecule has 0 aromatic heterocycles. The summed E-state index contributed by atoms with van der Waals surface area (Å²) in [6.07, 6.45) is 0.885. The average molecular weight is 308 g/mol. The van der Waals surface area contributed by atoms with E-state index in [4.69, 9.17) is 5.11 Å². The molecule has 0 aliphatic carbocycles. The molecule has 1 saturated heterocycles. The Bertz CT molecular complexity index is 490. The minimum Gasteiger partial charge on any atom is -0.387 e. The maximum absolute atomic E-state index is 13.0. The molecule has 1 heterocycles. The first-order valence-corrected chi connectivity index (χ1v) is 7.88. The molecule has 0 spiro atoms. The molecule has 1 aliphatic heterocycles. The normalized spacial score (nSPS) is 20.2. The van der Waals surface area contributed by atoms with Crippen LogP contribution in [0, 0.1) is 11.7 Å². The third kappa shape index (κ3) is 4.27. The number of hydrogen-bond acceptors (Lipinski definition) is 3. The Morgan fingerprint density at radius 3 is 2.59 bits per heavy atom. The Kier molecular flexibility index (Phi) is 5.91. The molecule has 0 saturated carbocycles. The lowest BCUT2D eigenvalue weighted by Crippen LogP contribution is -2.46. The Labute approximate surface area is 131 Å². The van der Waals surface area contributed by atoms with Crippen molar-refractivity contribution in [1.29, 1.82) is 0 Å². The molecule has 1 aromatic carbocycles. The van der Waals surface area contributed by atoms with Gasteiger partial charge in [0, 0.05) is 32.2 Å². The van der Waals surface area contributed by atoms with Gasteiger partial charge in [-0.15, -0.1) is 0 Å². The predicted octanol–water partition coefficient (Wildman–Crippen LogP) is 1.88. The summed E-state index contributed by atoms with van der Waals surface area (Å²) in [5.41, 5.74) is 1.08. The fourth-order valence-corrected chi connectivity index (χ4v) is 3.04. The van der Waals surface area contributed by atoms with Gasteiger partial charge in [-0.1, -0.05) is 26.0 Å². The van der Waals surface area contributed by atoms with Crippen molar-refractivity contribution < 1.29 is 14.3 Å². The second kappa shape index (κ2) is 7.70. The first-order valence-electron chi connectivity index (χ1n) is 7.88. The summed E-state index contributed by atoms with van der Waals surface area (Å²) >= 11 is 0. The molecule has 122 valence electrons. The summed E-state index contributed by atoms with van der Waals surface area (Å²) < 4.78 is 13.0. The molecule has 22 heavy (non-hydrogen) atoms. The van der Waals surface area contributed by atoms with Gasteiger partial charge in [0.15, 0.2) is 0 Å². The van der Waals surface area contributed by atoms with Crippen molar-refractivity contribution in [3.8, 4) is 0 Å². The summed E-state index contributed by atoms with van der Waals surface area (Å²) in [5.74, 6) is -0.0263. The zero-order valence-corrected chi connectivity index (χ0v) is 13.3. The van der Waals surface area contributed by atoms with Gasteiger partial charge in [0.2, 0.25) is 5.91 Å². The van der Waals surface area contributed by atoms with Crippen LogP contribution in [-0.4, -0.2) is 53.1 Å². The SMILES string of the molecule is CC(C)[C@@H]1CN(C(=O)CO)CCCN1Cc1ccc(F)cc1. The van der Waals surface area contributed by atoms with E-state index in [2.05, 4.69) is 18.7 Å². The molecule has 1 fully saturated rings. The van der Waals surface area contributed by atoms with Crippen LogP contribution in [0.4, 0.5) is 4.39 Å². The monoisotopic (exact) mass is 308 g/mol. The molecular weight excluding hydrogens is 283 g/mol. The van der Waals surface area contributed by atoms with Gasteiger partial charge in [-0.2, -0.15) is 0 Å². The standard InChI is InChI=1S/C17H25FN2O2/c1-13(2)16-11-20(17(22)12-21)9-3-8-19(16)10-14-4-6-15(18)7-5-14/h4-7,13,16,21H,3,8-12H2,1-2H3/t16-/m0/s1. The molecule has 1 N–H and O–H groups in total. The van der Waals surface area contributed by atoms with Crippen LogP contribution in [0.1, 0.15) is 25.8 Å². The molecule has 5 heteroatoms. The summed E-state index contributed by atoms with van der Waals surface area (Å²) in [5, 5.41) is 9.09.